The van der Waals surface area contributed by atoms with Crippen LogP contribution < -0.4 is 10.1 Å². The average molecular weight is 481 g/mol. The lowest BCUT2D eigenvalue weighted by atomic mass is 10.1. The molecule has 1 aromatic heterocycles. The number of piperidine rings is 1. The van der Waals surface area contributed by atoms with E-state index in [9.17, 15) is 0 Å². The van der Waals surface area contributed by atoms with Crippen molar-refractivity contribution in [3.63, 3.8) is 0 Å². The topological polar surface area (TPSA) is 73.8 Å². The van der Waals surface area contributed by atoms with Crippen molar-refractivity contribution in [3.05, 3.63) is 90.5 Å². The van der Waals surface area contributed by atoms with E-state index in [0.29, 0.717) is 6.04 Å². The van der Waals surface area contributed by atoms with Crippen molar-refractivity contribution in [2.75, 3.05) is 31.6 Å². The Kier molecular flexibility index (Phi) is 9.33. The highest BCUT2D eigenvalue weighted by atomic mass is 35.5. The monoisotopic (exact) mass is 480 g/mol. The van der Waals surface area contributed by atoms with Gasteiger partial charge in [0.1, 0.15) is 12.4 Å². The molecule has 6 nitrogen and oxygen atoms in total. The van der Waals surface area contributed by atoms with Gasteiger partial charge in [0, 0.05) is 25.7 Å². The number of ether oxygens (including phenoxy) is 1. The number of nitrogens with one attached hydrogen (secondary N) is 1. The predicted molar refractivity (Wildman–Crippen MR) is 141 cm³/mol. The molecule has 1 saturated heterocycles. The fraction of sp³-hybridized carbons (Fsp3) is 0.296. The molecule has 0 unspecified atom stereocenters. The summed E-state index contributed by atoms with van der Waals surface area (Å²) < 4.78 is 8.18. The highest BCUT2D eigenvalue weighted by Crippen LogP contribution is 2.24. The molecule has 3 N–H and O–H groups in total. The van der Waals surface area contributed by atoms with E-state index in [-0.39, 0.29) is 17.9 Å². The van der Waals surface area contributed by atoms with Crippen LogP contribution in [-0.4, -0.2) is 52.2 Å². The van der Waals surface area contributed by atoms with Gasteiger partial charge in [0.25, 0.3) is 0 Å². The minimum atomic E-state index is 0. The number of aromatic nitrogens is 2. The van der Waals surface area contributed by atoms with Gasteiger partial charge in [-0.1, -0.05) is 60.7 Å². The molecule has 2 heterocycles. The summed E-state index contributed by atoms with van der Waals surface area (Å²) in [6.07, 6.45) is 2.22. The van der Waals surface area contributed by atoms with Crippen molar-refractivity contribution in [2.45, 2.75) is 25.4 Å². The number of fused-ring (bicyclic) bond motifs is 1. The van der Waals surface area contributed by atoms with Crippen molar-refractivity contribution in [1.29, 1.82) is 0 Å². The first-order valence-corrected chi connectivity index (χ1v) is 11.5. The van der Waals surface area contributed by atoms with Gasteiger partial charge in [-0.15, -0.1) is 12.4 Å². The van der Waals surface area contributed by atoms with Gasteiger partial charge in [-0.2, -0.15) is 0 Å². The van der Waals surface area contributed by atoms with Gasteiger partial charge in [-0.05, 0) is 42.7 Å². The van der Waals surface area contributed by atoms with Gasteiger partial charge in [-0.25, -0.2) is 4.98 Å². The first-order valence-electron chi connectivity index (χ1n) is 11.5. The zero-order valence-corrected chi connectivity index (χ0v) is 20.1. The molecular weight excluding hydrogens is 448 g/mol. The van der Waals surface area contributed by atoms with E-state index < -0.39 is 0 Å². The third-order valence-electron chi connectivity index (χ3n) is 6.18. The molecule has 0 amide bonds. The van der Waals surface area contributed by atoms with Crippen LogP contribution in [0, 0.1) is 0 Å². The van der Waals surface area contributed by atoms with E-state index in [1.807, 2.05) is 30.3 Å². The highest BCUT2D eigenvalue weighted by molar-refractivity contribution is 5.85. The number of hydrogen-bond donors (Lipinski definition) is 1. The summed E-state index contributed by atoms with van der Waals surface area (Å²) in [6, 6.07) is 29.5. The van der Waals surface area contributed by atoms with Crippen LogP contribution in [-0.2, 0) is 6.54 Å². The fourth-order valence-electron chi connectivity index (χ4n) is 4.40. The molecular formula is C27H33ClN4O2. The molecule has 3 aromatic carbocycles. The van der Waals surface area contributed by atoms with Crippen LogP contribution in [0.3, 0.4) is 0 Å². The smallest absolute Gasteiger partial charge is 0.204 e. The van der Waals surface area contributed by atoms with Gasteiger partial charge in [0.2, 0.25) is 5.95 Å². The van der Waals surface area contributed by atoms with Crippen LogP contribution in [0.1, 0.15) is 18.4 Å². The molecule has 7 heteroatoms. The second-order valence-corrected chi connectivity index (χ2v) is 8.42. The lowest BCUT2D eigenvalue weighted by molar-refractivity contribution is 0.177. The number of para-hydroxylation sites is 3. The van der Waals surface area contributed by atoms with Gasteiger partial charge < -0.3 is 20.1 Å². The van der Waals surface area contributed by atoms with E-state index in [4.69, 9.17) is 9.72 Å². The van der Waals surface area contributed by atoms with Crippen molar-refractivity contribution in [1.82, 2.24) is 14.5 Å². The summed E-state index contributed by atoms with van der Waals surface area (Å²) in [4.78, 5) is 7.42. The number of likely N-dealkylation sites (tertiary alicyclic amines) is 1. The predicted octanol–water partition coefficient (Wildman–Crippen LogP) is 4.64. The Morgan fingerprint density at radius 3 is 2.24 bits per heavy atom. The molecule has 180 valence electrons. The summed E-state index contributed by atoms with van der Waals surface area (Å²) in [5.74, 6) is 1.92. The quantitative estimate of drug-likeness (QED) is 0.399. The average Bonchev–Trinajstić information content (AvgIpc) is 3.18. The number of rotatable bonds is 8. The van der Waals surface area contributed by atoms with Crippen LogP contribution in [0.2, 0.25) is 0 Å². The highest BCUT2D eigenvalue weighted by Gasteiger charge is 2.21. The number of halogens is 1. The summed E-state index contributed by atoms with van der Waals surface area (Å²) in [7, 11) is 0. The number of anilines is 1. The molecule has 1 fully saturated rings. The van der Waals surface area contributed by atoms with E-state index in [1.165, 1.54) is 11.1 Å². The SMILES string of the molecule is Cl.O.c1ccc(Cn2c(NC3CCN(CCOc4ccccc4)CC3)nc3ccccc32)cc1. The van der Waals surface area contributed by atoms with E-state index >= 15 is 0 Å². The number of benzene rings is 3. The molecule has 34 heavy (non-hydrogen) atoms. The lowest BCUT2D eigenvalue weighted by Crippen LogP contribution is -2.41. The second kappa shape index (κ2) is 12.4. The Morgan fingerprint density at radius 2 is 1.50 bits per heavy atom. The van der Waals surface area contributed by atoms with Crippen LogP contribution in [0.4, 0.5) is 5.95 Å². The van der Waals surface area contributed by atoms with Crippen molar-refractivity contribution in [2.24, 2.45) is 0 Å². The summed E-state index contributed by atoms with van der Waals surface area (Å²) in [5, 5.41) is 3.76. The molecule has 0 saturated carbocycles. The molecule has 0 bridgehead atoms. The standard InChI is InChI=1S/C27H30N4O.ClH.H2O/c1-3-9-22(10-4-1)21-31-26-14-8-7-13-25(26)29-27(31)28-23-15-17-30(18-16-23)19-20-32-24-11-5-2-6-12-24;;/h1-14,23H,15-21H2,(H,28,29);1H;1H2. The fourth-order valence-corrected chi connectivity index (χ4v) is 4.40. The number of imidazole rings is 1. The molecule has 0 aliphatic carbocycles. The van der Waals surface area contributed by atoms with Gasteiger partial charge in [-0.3, -0.25) is 4.90 Å². The maximum atomic E-state index is 5.87. The van der Waals surface area contributed by atoms with Crippen molar-refractivity contribution < 1.29 is 10.2 Å². The van der Waals surface area contributed by atoms with Gasteiger partial charge in [0.15, 0.2) is 0 Å². The summed E-state index contributed by atoms with van der Waals surface area (Å²) in [5.41, 5.74) is 3.50. The summed E-state index contributed by atoms with van der Waals surface area (Å²) >= 11 is 0. The zero-order chi connectivity index (χ0) is 21.6. The minimum absolute atomic E-state index is 0. The Labute approximate surface area is 207 Å². The minimum Gasteiger partial charge on any atom is -0.492 e. The third kappa shape index (κ3) is 6.29. The molecule has 0 atom stereocenters. The Morgan fingerprint density at radius 1 is 0.853 bits per heavy atom. The van der Waals surface area contributed by atoms with E-state index in [1.54, 1.807) is 0 Å². The number of nitrogens with zero attached hydrogens (tertiary/aromatic N) is 3. The maximum absolute atomic E-state index is 5.87. The largest absolute Gasteiger partial charge is 0.492 e. The van der Waals surface area contributed by atoms with Gasteiger partial charge in [0.05, 0.1) is 17.6 Å². The lowest BCUT2D eigenvalue weighted by Gasteiger charge is -2.32. The molecule has 1 aliphatic heterocycles. The van der Waals surface area contributed by atoms with Crippen LogP contribution in [0.25, 0.3) is 11.0 Å². The van der Waals surface area contributed by atoms with Crippen molar-refractivity contribution >= 4 is 29.4 Å². The Balaban J connectivity index is 0.00000162. The van der Waals surface area contributed by atoms with Gasteiger partial charge >= 0.3 is 0 Å². The molecule has 4 aromatic rings. The van der Waals surface area contributed by atoms with Crippen LogP contribution >= 0.6 is 12.4 Å². The van der Waals surface area contributed by atoms with Crippen LogP contribution in [0.5, 0.6) is 5.75 Å². The first kappa shape index (κ1) is 25.6. The molecule has 0 spiro atoms. The zero-order valence-electron chi connectivity index (χ0n) is 19.3. The van der Waals surface area contributed by atoms with Crippen LogP contribution in [0.15, 0.2) is 84.9 Å². The maximum Gasteiger partial charge on any atom is 0.204 e. The van der Waals surface area contributed by atoms with E-state index in [2.05, 4.69) is 69.4 Å². The third-order valence-corrected chi connectivity index (χ3v) is 6.18. The Hall–Kier alpha value is -3.06. The molecule has 5 rings (SSSR count). The second-order valence-electron chi connectivity index (χ2n) is 8.42. The first-order chi connectivity index (χ1) is 15.8. The Bertz CT molecular complexity index is 1130. The molecule has 1 aliphatic rings. The van der Waals surface area contributed by atoms with Crippen molar-refractivity contribution in [3.8, 4) is 5.75 Å². The summed E-state index contributed by atoms with van der Waals surface area (Å²) in [6.45, 7) is 4.67. The normalized spacial score (nSPS) is 14.2. The molecule has 0 radical (unpaired) electrons. The number of hydrogen-bond acceptors (Lipinski definition) is 4. The van der Waals surface area contributed by atoms with E-state index in [0.717, 1.165) is 62.8 Å².